The molecule has 1 atom stereocenters. The molecule has 0 spiro atoms. The molecule has 0 saturated heterocycles. The van der Waals surface area contributed by atoms with Gasteiger partial charge in [-0.2, -0.15) is 0 Å². The van der Waals surface area contributed by atoms with Crippen LogP contribution in [0.4, 0.5) is 11.4 Å². The Kier molecular flexibility index (Phi) is 7.44. The van der Waals surface area contributed by atoms with Crippen LogP contribution in [0.5, 0.6) is 0 Å². The number of carbonyl (C=O) groups is 3. The smallest absolute Gasteiger partial charge is 0.339 e. The molecule has 0 aliphatic rings. The van der Waals surface area contributed by atoms with Gasteiger partial charge in [0.2, 0.25) is 10.0 Å². The van der Waals surface area contributed by atoms with Crippen LogP contribution in [0.1, 0.15) is 27.6 Å². The number of hydrogen-bond donors (Lipinski definition) is 2. The van der Waals surface area contributed by atoms with Gasteiger partial charge in [-0.25, -0.2) is 18.4 Å². The van der Waals surface area contributed by atoms with Gasteiger partial charge in [0.15, 0.2) is 6.10 Å². The minimum atomic E-state index is -3.86. The van der Waals surface area contributed by atoms with Gasteiger partial charge in [-0.15, -0.1) is 0 Å². The highest BCUT2D eigenvalue weighted by Gasteiger charge is 2.25. The molecule has 3 N–H and O–H groups in total. The molecule has 2 amide bonds. The number of amides is 2. The summed E-state index contributed by atoms with van der Waals surface area (Å²) in [6, 6.07) is 20.3. The van der Waals surface area contributed by atoms with Crippen molar-refractivity contribution in [3.63, 3.8) is 0 Å². The second-order valence-electron chi connectivity index (χ2n) is 7.35. The highest BCUT2D eigenvalue weighted by atomic mass is 32.2. The number of nitrogens with one attached hydrogen (secondary N) is 1. The molecular weight excluding hydrogens is 458 g/mol. The fourth-order valence-electron chi connectivity index (χ4n) is 3.05. The Labute approximate surface area is 197 Å². The van der Waals surface area contributed by atoms with E-state index in [1.165, 1.54) is 48.2 Å². The van der Waals surface area contributed by atoms with Crippen molar-refractivity contribution >= 4 is 39.2 Å². The van der Waals surface area contributed by atoms with Crippen LogP contribution in [-0.4, -0.2) is 39.4 Å². The van der Waals surface area contributed by atoms with E-state index in [1.807, 2.05) is 6.07 Å². The molecule has 0 radical (unpaired) electrons. The minimum absolute atomic E-state index is 0.0208. The monoisotopic (exact) mass is 481 g/mol. The molecule has 9 nitrogen and oxygen atoms in total. The molecule has 10 heteroatoms. The Balaban J connectivity index is 1.70. The summed E-state index contributed by atoms with van der Waals surface area (Å²) < 4.78 is 28.0. The lowest BCUT2D eigenvalue weighted by Gasteiger charge is -2.19. The van der Waals surface area contributed by atoms with E-state index in [2.05, 4.69) is 5.32 Å². The van der Waals surface area contributed by atoms with Crippen molar-refractivity contribution in [2.75, 3.05) is 17.3 Å². The molecule has 176 valence electrons. The number of hydrogen-bond acceptors (Lipinski definition) is 6. The number of esters is 1. The quantitative estimate of drug-likeness (QED) is 0.498. The fourth-order valence-corrected chi connectivity index (χ4v) is 3.56. The van der Waals surface area contributed by atoms with Crippen molar-refractivity contribution in [2.24, 2.45) is 5.14 Å². The van der Waals surface area contributed by atoms with Crippen molar-refractivity contribution < 1.29 is 27.5 Å². The van der Waals surface area contributed by atoms with Gasteiger partial charge < -0.3 is 15.0 Å². The molecule has 0 fully saturated rings. The number of primary sulfonamides is 1. The van der Waals surface area contributed by atoms with Gasteiger partial charge in [-0.05, 0) is 55.5 Å². The number of para-hydroxylation sites is 1. The third-order valence-electron chi connectivity index (χ3n) is 4.93. The summed E-state index contributed by atoms with van der Waals surface area (Å²) >= 11 is 0. The number of sulfonamides is 1. The zero-order chi connectivity index (χ0) is 24.9. The third-order valence-corrected chi connectivity index (χ3v) is 5.86. The number of ether oxygens (including phenoxy) is 1. The highest BCUT2D eigenvalue weighted by molar-refractivity contribution is 7.89. The first-order chi connectivity index (χ1) is 16.1. The van der Waals surface area contributed by atoms with Crippen LogP contribution in [0.3, 0.4) is 0 Å². The van der Waals surface area contributed by atoms with Gasteiger partial charge in [0.1, 0.15) is 0 Å². The molecule has 0 aliphatic heterocycles. The van der Waals surface area contributed by atoms with Gasteiger partial charge in [-0.1, -0.05) is 30.3 Å². The lowest BCUT2D eigenvalue weighted by Crippen LogP contribution is -2.32. The largest absolute Gasteiger partial charge is 0.449 e. The van der Waals surface area contributed by atoms with Crippen LogP contribution >= 0.6 is 0 Å². The number of nitrogens with two attached hydrogens (primary N) is 1. The predicted octanol–water partition coefficient (Wildman–Crippen LogP) is 2.79. The number of nitrogens with zero attached hydrogens (tertiary/aromatic N) is 1. The molecule has 3 aromatic carbocycles. The summed E-state index contributed by atoms with van der Waals surface area (Å²) in [7, 11) is -2.26. The molecule has 1 unspecified atom stereocenters. The molecule has 0 bridgehead atoms. The predicted molar refractivity (Wildman–Crippen MR) is 127 cm³/mol. The van der Waals surface area contributed by atoms with Crippen LogP contribution < -0.4 is 15.4 Å². The van der Waals surface area contributed by atoms with E-state index < -0.39 is 33.9 Å². The molecule has 3 rings (SSSR count). The summed E-state index contributed by atoms with van der Waals surface area (Å²) in [6.07, 6.45) is -1.19. The maximum atomic E-state index is 13.0. The van der Waals surface area contributed by atoms with E-state index in [9.17, 15) is 22.8 Å². The maximum absolute atomic E-state index is 13.0. The van der Waals surface area contributed by atoms with Crippen LogP contribution in [0.2, 0.25) is 0 Å². The van der Waals surface area contributed by atoms with Crippen LogP contribution in [0.25, 0.3) is 0 Å². The van der Waals surface area contributed by atoms with E-state index in [0.29, 0.717) is 11.4 Å². The van der Waals surface area contributed by atoms with Crippen molar-refractivity contribution in [1.82, 2.24) is 0 Å². The Morgan fingerprint density at radius 3 is 2.03 bits per heavy atom. The summed E-state index contributed by atoms with van der Waals surface area (Å²) in [6.45, 7) is 1.38. The molecule has 0 aliphatic carbocycles. The van der Waals surface area contributed by atoms with Crippen molar-refractivity contribution in [3.8, 4) is 0 Å². The molecular formula is C24H23N3O6S. The first kappa shape index (κ1) is 24.6. The normalized spacial score (nSPS) is 11.9. The molecule has 0 heterocycles. The van der Waals surface area contributed by atoms with Crippen molar-refractivity contribution in [3.05, 3.63) is 90.0 Å². The first-order valence-corrected chi connectivity index (χ1v) is 11.7. The van der Waals surface area contributed by atoms with Gasteiger partial charge in [0, 0.05) is 18.4 Å². The summed E-state index contributed by atoms with van der Waals surface area (Å²) in [4.78, 5) is 39.6. The van der Waals surface area contributed by atoms with Crippen LogP contribution in [0.15, 0.2) is 83.8 Å². The fraction of sp³-hybridized carbons (Fsp3) is 0.125. The summed E-state index contributed by atoms with van der Waals surface area (Å²) in [5, 5.41) is 7.58. The maximum Gasteiger partial charge on any atom is 0.339 e. The number of rotatable bonds is 7. The van der Waals surface area contributed by atoms with E-state index >= 15 is 0 Å². The Morgan fingerprint density at radius 1 is 0.882 bits per heavy atom. The summed E-state index contributed by atoms with van der Waals surface area (Å²) in [5.74, 6) is -1.88. The highest BCUT2D eigenvalue weighted by Crippen LogP contribution is 2.19. The molecule has 0 aromatic heterocycles. The zero-order valence-electron chi connectivity index (χ0n) is 18.5. The van der Waals surface area contributed by atoms with E-state index in [-0.39, 0.29) is 16.0 Å². The second kappa shape index (κ2) is 10.3. The number of benzene rings is 3. The topological polar surface area (TPSA) is 136 Å². The average Bonchev–Trinajstić information content (AvgIpc) is 2.83. The van der Waals surface area contributed by atoms with E-state index in [1.54, 1.807) is 43.4 Å². The molecule has 0 saturated carbocycles. The number of anilines is 2. The third kappa shape index (κ3) is 5.85. The lowest BCUT2D eigenvalue weighted by molar-refractivity contribution is -0.123. The lowest BCUT2D eigenvalue weighted by atomic mass is 10.1. The SMILES string of the molecule is CC(OC(=O)c1ccccc1C(=O)N(C)c1ccccc1)C(=O)Nc1ccc(S(N)(=O)=O)cc1. The Bertz CT molecular complexity index is 1310. The number of carbonyl (C=O) groups excluding carboxylic acids is 3. The summed E-state index contributed by atoms with van der Waals surface area (Å²) in [5.41, 5.74) is 1.09. The average molecular weight is 482 g/mol. The molecule has 3 aromatic rings. The van der Waals surface area contributed by atoms with Crippen LogP contribution in [0, 0.1) is 0 Å². The van der Waals surface area contributed by atoms with E-state index in [0.717, 1.165) is 0 Å². The van der Waals surface area contributed by atoms with E-state index in [4.69, 9.17) is 9.88 Å². The Hall–Kier alpha value is -4.02. The van der Waals surface area contributed by atoms with Gasteiger partial charge in [0.05, 0.1) is 16.0 Å². The van der Waals surface area contributed by atoms with Crippen LogP contribution in [-0.2, 0) is 19.6 Å². The molecule has 34 heavy (non-hydrogen) atoms. The standard InChI is InChI=1S/C24H23N3O6S/c1-16(22(28)26-17-12-14-19(15-13-17)34(25,31)32)33-24(30)21-11-7-6-10-20(21)23(29)27(2)18-8-4-3-5-9-18/h3-16H,1-2H3,(H,26,28)(H2,25,31,32). The van der Waals surface area contributed by atoms with Gasteiger partial charge in [0.25, 0.3) is 11.8 Å². The minimum Gasteiger partial charge on any atom is -0.449 e. The zero-order valence-corrected chi connectivity index (χ0v) is 19.3. The van der Waals surface area contributed by atoms with Gasteiger partial charge >= 0.3 is 5.97 Å². The first-order valence-electron chi connectivity index (χ1n) is 10.1. The Morgan fingerprint density at radius 2 is 1.44 bits per heavy atom. The van der Waals surface area contributed by atoms with Crippen molar-refractivity contribution in [2.45, 2.75) is 17.9 Å². The van der Waals surface area contributed by atoms with Gasteiger partial charge in [-0.3, -0.25) is 9.59 Å². The van der Waals surface area contributed by atoms with Crippen molar-refractivity contribution in [1.29, 1.82) is 0 Å². The second-order valence-corrected chi connectivity index (χ2v) is 8.91.